The molecule has 4 aromatic carbocycles. The number of carbonyl (C=O) groups excluding carboxylic acids is 3. The van der Waals surface area contributed by atoms with Gasteiger partial charge in [-0.05, 0) is 35.1 Å². The Morgan fingerprint density at radius 2 is 0.892 bits per heavy atom. The summed E-state index contributed by atoms with van der Waals surface area (Å²) in [7, 11) is 0. The van der Waals surface area contributed by atoms with E-state index >= 15 is 0 Å². The van der Waals surface area contributed by atoms with E-state index in [1.54, 1.807) is 0 Å². The van der Waals surface area contributed by atoms with Crippen LogP contribution in [0.5, 0.6) is 0 Å². The molecule has 0 saturated carbocycles. The third-order valence-corrected chi connectivity index (χ3v) is 9.14. The van der Waals surface area contributed by atoms with Gasteiger partial charge in [-0.1, -0.05) is 223 Å². The van der Waals surface area contributed by atoms with Gasteiger partial charge >= 0.3 is 0 Å². The number of hydrogen-bond acceptors (Lipinski definition) is 4. The van der Waals surface area contributed by atoms with Gasteiger partial charge in [-0.2, -0.15) is 11.5 Å². The van der Waals surface area contributed by atoms with Crippen molar-refractivity contribution in [3.05, 3.63) is 166 Å². The molecule has 2 aliphatic carbocycles. The summed E-state index contributed by atoms with van der Waals surface area (Å²) in [4.78, 5) is 36.9. The first-order valence-electron chi connectivity index (χ1n) is 20.8. The van der Waals surface area contributed by atoms with E-state index in [1.807, 2.05) is 146 Å². The number of hydrogen-bond donors (Lipinski definition) is 1. The van der Waals surface area contributed by atoms with Gasteiger partial charge in [-0.3, -0.25) is 16.5 Å². The predicted molar refractivity (Wildman–Crippen MR) is 275 cm³/mol. The molecule has 3 radical (unpaired) electrons. The Balaban J connectivity index is -0.000000103. The number of Topliss-reactive ketones (excluding diaryl/α,β-unsaturated/α-hetero) is 2. The molecule has 0 amide bonds. The number of benzene rings is 4. The van der Waals surface area contributed by atoms with Gasteiger partial charge in [-0.15, -0.1) is 17.0 Å². The summed E-state index contributed by atoms with van der Waals surface area (Å²) < 4.78 is 0. The molecule has 0 bridgehead atoms. The standard InChI is InChI=1S/C22H23O2.C21H21O.4C2H6.CH2I.CHO.CH4.CH3.2U.3V/c1-4-15-9-5-7-11-17(15)20-19(24)13-16-10-6-8-12-18(16)21(20)22(2,3)14-23;1-4-15-9-5-7-11-17(15)21-19(22)13-16-10-6-8-12-18(16)20(21)14(2)3;6*1-2;;;;;;;/h5-12,14,23H,4,13H2,1-3H3;5-12H,4,13H2,1-3H3;4*1-2H3;1H2;1H;1H4;1H3;;;;;/q2*-1;;;;;2*-1;;-1;;;;;. The molecule has 1 N–H and O–H groups in total. The molecule has 0 unspecified atom stereocenters. The van der Waals surface area contributed by atoms with E-state index in [4.69, 9.17) is 4.79 Å². The molecule has 0 aliphatic heterocycles. The maximum Gasteiger partial charge on any atom is 0.168 e. The van der Waals surface area contributed by atoms with Crippen LogP contribution in [0.2, 0.25) is 0 Å². The van der Waals surface area contributed by atoms with Gasteiger partial charge in [-0.25, -0.2) is 6.61 Å². The normalized spacial score (nSPS) is 10.7. The second-order valence-corrected chi connectivity index (χ2v) is 12.9. The number of aliphatic hydroxyl groups excluding tert-OH is 1. The van der Waals surface area contributed by atoms with E-state index in [0.29, 0.717) is 12.8 Å². The molecule has 0 saturated heterocycles. The number of carbonyl (C=O) groups is 2. The zero-order valence-electron chi connectivity index (χ0n) is 41.3. The fraction of sp³-hybridized carbons (Fsp3) is 0.364. The minimum Gasteiger partial charge on any atom is -0.565 e. The molecule has 0 spiro atoms. The summed E-state index contributed by atoms with van der Waals surface area (Å²) in [6, 6.07) is 32.6. The van der Waals surface area contributed by atoms with Gasteiger partial charge in [0.1, 0.15) is 5.78 Å². The Hall–Kier alpha value is -0.213. The van der Waals surface area contributed by atoms with Crippen molar-refractivity contribution in [1.29, 1.82) is 0 Å². The van der Waals surface area contributed by atoms with Crippen molar-refractivity contribution in [3.63, 3.8) is 0 Å². The van der Waals surface area contributed by atoms with Gasteiger partial charge < -0.3 is 44.7 Å². The number of rotatable bonds is 7. The third-order valence-electron chi connectivity index (χ3n) is 9.14. The molecule has 0 atom stereocenters. The first-order chi connectivity index (χ1) is 28.1. The van der Waals surface area contributed by atoms with Gasteiger partial charge in [0, 0.05) is 136 Å². The molecule has 0 fully saturated rings. The summed E-state index contributed by atoms with van der Waals surface area (Å²) in [5.41, 5.74) is 12.0. The van der Waals surface area contributed by atoms with E-state index < -0.39 is 5.41 Å². The van der Waals surface area contributed by atoms with Crippen LogP contribution in [0.15, 0.2) is 97.1 Å². The fourth-order valence-corrected chi connectivity index (χ4v) is 6.88. The SMILES string of the molecule is C.CC.CC.CC.CC.CCc1ccccc1C1=C(C(C)(C)[CH-]O)c2ccccc2CC1=O.CCc1ccccc1C1=C([C-](C)C)c2ccccc2CC1=O.[CH-]=O.[CH2-]I.[CH3-].[U].[U].[V].[V].[V]. The minimum absolute atomic E-state index is 0. The van der Waals surface area contributed by atoms with E-state index in [2.05, 4.69) is 81.9 Å². The zero-order valence-corrected chi connectivity index (χ0v) is 56.0. The van der Waals surface area contributed by atoms with Crippen molar-refractivity contribution in [2.75, 3.05) is 0 Å². The van der Waals surface area contributed by atoms with Crippen LogP contribution in [0, 0.1) is 92.5 Å². The Kier molecular flexibility index (Phi) is 63.6. The molecule has 357 valence electrons. The first-order valence-corrected chi connectivity index (χ1v) is 22.3. The second kappa shape index (κ2) is 48.8. The smallest absolute Gasteiger partial charge is 0.168 e. The summed E-state index contributed by atoms with van der Waals surface area (Å²) in [6.45, 7) is 32.8. The average molecular weight is 1560 g/mol. The molecule has 0 heterocycles. The topological polar surface area (TPSA) is 71.4 Å². The first kappa shape index (κ1) is 84.7. The fourth-order valence-electron chi connectivity index (χ4n) is 6.88. The zero-order chi connectivity index (χ0) is 45.0. The molecular formula is C55H78IO4U2V3-5. The van der Waals surface area contributed by atoms with E-state index in [1.165, 1.54) is 23.7 Å². The Morgan fingerprint density at radius 3 is 1.25 bits per heavy atom. The van der Waals surface area contributed by atoms with Gasteiger partial charge in [0.2, 0.25) is 0 Å². The van der Waals surface area contributed by atoms with Crippen molar-refractivity contribution >= 4 is 63.2 Å². The van der Waals surface area contributed by atoms with Crippen molar-refractivity contribution in [1.82, 2.24) is 0 Å². The van der Waals surface area contributed by atoms with Crippen LogP contribution in [-0.4, -0.2) is 23.5 Å². The molecule has 4 nitrogen and oxygen atoms in total. The minimum atomic E-state index is -0.609. The van der Waals surface area contributed by atoms with Gasteiger partial charge in [0.25, 0.3) is 0 Å². The second-order valence-electron chi connectivity index (χ2n) is 12.9. The Labute approximate surface area is 496 Å². The van der Waals surface area contributed by atoms with Crippen LogP contribution in [0.1, 0.15) is 149 Å². The number of aliphatic hydroxyl groups is 1. The molecule has 6 rings (SSSR count). The Morgan fingerprint density at radius 1 is 0.600 bits per heavy atom. The number of allylic oxidation sites excluding steroid dienone is 3. The van der Waals surface area contributed by atoms with Crippen molar-refractivity contribution in [3.8, 4) is 0 Å². The van der Waals surface area contributed by atoms with Crippen molar-refractivity contribution in [2.45, 2.75) is 130 Å². The molecule has 65 heavy (non-hydrogen) atoms. The Bertz CT molecular complexity index is 1890. The van der Waals surface area contributed by atoms with Crippen LogP contribution >= 0.6 is 22.6 Å². The molecular weight excluding hydrogens is 1480 g/mol. The summed E-state index contributed by atoms with van der Waals surface area (Å²) in [5, 5.41) is 9.88. The van der Waals surface area contributed by atoms with Crippen LogP contribution in [0.25, 0.3) is 22.3 Å². The van der Waals surface area contributed by atoms with Gasteiger partial charge in [0.05, 0.1) is 0 Å². The van der Waals surface area contributed by atoms with Crippen LogP contribution in [0.4, 0.5) is 0 Å². The van der Waals surface area contributed by atoms with E-state index in [9.17, 15) is 14.7 Å². The average Bonchev–Trinajstić information content (AvgIpc) is 3.29. The molecule has 10 heteroatoms. The summed E-state index contributed by atoms with van der Waals surface area (Å²) in [5.74, 6) is 1.55. The summed E-state index contributed by atoms with van der Waals surface area (Å²) in [6.07, 6.45) is 2.71. The molecule has 2 aliphatic rings. The van der Waals surface area contributed by atoms with Gasteiger partial charge in [0.15, 0.2) is 5.78 Å². The van der Waals surface area contributed by atoms with Crippen molar-refractivity contribution in [2.24, 2.45) is 5.41 Å². The van der Waals surface area contributed by atoms with Crippen LogP contribution in [0.3, 0.4) is 0 Å². The maximum absolute atomic E-state index is 13.0. The number of fused-ring (bicyclic) bond motifs is 2. The summed E-state index contributed by atoms with van der Waals surface area (Å²) >= 11 is 1.90. The molecule has 0 aromatic heterocycles. The largest absolute Gasteiger partial charge is 0.565 e. The van der Waals surface area contributed by atoms with Crippen molar-refractivity contribution < 1.29 is 137 Å². The van der Waals surface area contributed by atoms with E-state index in [0.717, 1.165) is 68.5 Å². The third kappa shape index (κ3) is 24.0. The number of aryl methyl sites for hydroxylation is 2. The number of ketones is 2. The predicted octanol–water partition coefficient (Wildman–Crippen LogP) is 15.9. The quantitative estimate of drug-likeness (QED) is 0.114. The monoisotopic (exact) mass is 1560 g/mol. The van der Waals surface area contributed by atoms with E-state index in [-0.39, 0.29) is 144 Å². The maximum atomic E-state index is 13.0. The number of halogens is 1. The van der Waals surface area contributed by atoms with Crippen LogP contribution < -0.4 is 0 Å². The molecule has 4 aromatic rings. The van der Waals surface area contributed by atoms with Crippen LogP contribution in [-0.2, 0) is 95.7 Å².